The number of pyridine rings is 1. The summed E-state index contributed by atoms with van der Waals surface area (Å²) in [6.07, 6.45) is 2.57. The van der Waals surface area contributed by atoms with Gasteiger partial charge in [-0.2, -0.15) is 0 Å². The van der Waals surface area contributed by atoms with Crippen molar-refractivity contribution in [2.45, 2.75) is 6.42 Å². The molecule has 174 valence electrons. The fraction of sp³-hybridized carbons (Fsp3) is 0.269. The summed E-state index contributed by atoms with van der Waals surface area (Å²) in [5, 5.41) is 4.15. The Morgan fingerprint density at radius 2 is 1.91 bits per heavy atom. The number of rotatable bonds is 8. The van der Waals surface area contributed by atoms with E-state index in [4.69, 9.17) is 19.4 Å². The Morgan fingerprint density at radius 1 is 1.03 bits per heavy atom. The molecule has 4 aromatic rings. The third kappa shape index (κ3) is 5.41. The lowest BCUT2D eigenvalue weighted by molar-refractivity contribution is 0.0358. The summed E-state index contributed by atoms with van der Waals surface area (Å²) in [6.45, 7) is 5.26. The van der Waals surface area contributed by atoms with Gasteiger partial charge in [0, 0.05) is 48.5 Å². The van der Waals surface area contributed by atoms with Gasteiger partial charge < -0.3 is 19.8 Å². The normalized spacial score (nSPS) is 14.2. The van der Waals surface area contributed by atoms with Gasteiger partial charge in [-0.3, -0.25) is 9.69 Å². The quantitative estimate of drug-likeness (QED) is 0.389. The molecule has 1 aliphatic rings. The zero-order valence-corrected chi connectivity index (χ0v) is 18.9. The molecule has 0 unspecified atom stereocenters. The Balaban J connectivity index is 1.34. The van der Waals surface area contributed by atoms with Gasteiger partial charge in [-0.15, -0.1) is 0 Å². The summed E-state index contributed by atoms with van der Waals surface area (Å²) in [7, 11) is 0. The number of H-pyrrole nitrogens is 1. The highest BCUT2D eigenvalue weighted by atomic mass is 16.5. The zero-order chi connectivity index (χ0) is 23.2. The summed E-state index contributed by atoms with van der Waals surface area (Å²) in [6, 6.07) is 19.0. The van der Waals surface area contributed by atoms with Crippen LogP contribution in [-0.4, -0.2) is 59.3 Å². The summed E-state index contributed by atoms with van der Waals surface area (Å²) in [5.41, 5.74) is 2.17. The van der Waals surface area contributed by atoms with Crippen LogP contribution in [0.2, 0.25) is 0 Å². The molecule has 0 aliphatic carbocycles. The predicted molar refractivity (Wildman–Crippen MR) is 133 cm³/mol. The Kier molecular flexibility index (Phi) is 6.78. The molecular weight excluding hydrogens is 430 g/mol. The maximum Gasteiger partial charge on any atom is 0.249 e. The fourth-order valence-electron chi connectivity index (χ4n) is 3.99. The number of benzene rings is 2. The molecule has 0 saturated carbocycles. The molecule has 0 atom stereocenters. The van der Waals surface area contributed by atoms with Crippen molar-refractivity contribution < 1.29 is 9.47 Å². The Hall–Kier alpha value is -3.75. The lowest BCUT2D eigenvalue weighted by Gasteiger charge is -2.26. The van der Waals surface area contributed by atoms with Crippen LogP contribution in [0.4, 0.5) is 11.5 Å². The number of para-hydroxylation sites is 1. The first-order valence-corrected chi connectivity index (χ1v) is 11.5. The summed E-state index contributed by atoms with van der Waals surface area (Å²) in [5.74, 6) is 2.02. The minimum atomic E-state index is -0.179. The smallest absolute Gasteiger partial charge is 0.249 e. The van der Waals surface area contributed by atoms with E-state index in [0.29, 0.717) is 23.9 Å². The van der Waals surface area contributed by atoms with Gasteiger partial charge in [0.15, 0.2) is 5.82 Å². The molecular formula is C26H27N5O3. The highest BCUT2D eigenvalue weighted by Gasteiger charge is 2.12. The molecule has 1 saturated heterocycles. The Bertz CT molecular complexity index is 1320. The van der Waals surface area contributed by atoms with Crippen LogP contribution < -0.4 is 15.6 Å². The average molecular weight is 458 g/mol. The monoisotopic (exact) mass is 457 g/mol. The van der Waals surface area contributed by atoms with E-state index in [9.17, 15) is 4.79 Å². The number of morpholine rings is 1. The van der Waals surface area contributed by atoms with Gasteiger partial charge >= 0.3 is 0 Å². The van der Waals surface area contributed by atoms with Crippen LogP contribution in [0.25, 0.3) is 22.3 Å². The van der Waals surface area contributed by atoms with E-state index >= 15 is 0 Å². The van der Waals surface area contributed by atoms with Gasteiger partial charge in [0.1, 0.15) is 11.6 Å². The molecule has 2 aromatic heterocycles. The first kappa shape index (κ1) is 22.1. The SMILES string of the molecule is O=c1cc(Nc2nc(-c3cccc(OCCCN4CCOCC4)c3)nc3ccccc23)cc[nH]1. The fourth-order valence-corrected chi connectivity index (χ4v) is 3.99. The summed E-state index contributed by atoms with van der Waals surface area (Å²) >= 11 is 0. The highest BCUT2D eigenvalue weighted by molar-refractivity contribution is 5.92. The van der Waals surface area contributed by atoms with Crippen LogP contribution in [0, 0.1) is 0 Å². The molecule has 8 nitrogen and oxygen atoms in total. The number of anilines is 2. The zero-order valence-electron chi connectivity index (χ0n) is 18.9. The molecule has 2 N–H and O–H groups in total. The molecule has 1 aliphatic heterocycles. The Labute approximate surface area is 197 Å². The minimum absolute atomic E-state index is 0.179. The van der Waals surface area contributed by atoms with Crippen molar-refractivity contribution >= 4 is 22.4 Å². The van der Waals surface area contributed by atoms with Gasteiger partial charge in [0.2, 0.25) is 5.56 Å². The second kappa shape index (κ2) is 10.5. The van der Waals surface area contributed by atoms with Crippen molar-refractivity contribution in [2.75, 3.05) is 44.8 Å². The standard InChI is InChI=1S/C26H27N5O3/c32-24-18-20(9-10-27-24)28-26-22-7-1-2-8-23(22)29-25(30-26)19-5-3-6-21(17-19)34-14-4-11-31-12-15-33-16-13-31/h1-3,5-10,17-18H,4,11-16H2,(H2,27,28,29,30,32). The molecule has 5 rings (SSSR count). The van der Waals surface area contributed by atoms with E-state index in [1.807, 2.05) is 48.5 Å². The molecule has 1 fully saturated rings. The first-order valence-electron chi connectivity index (χ1n) is 11.5. The maximum atomic E-state index is 11.7. The third-order valence-electron chi connectivity index (χ3n) is 5.72. The van der Waals surface area contributed by atoms with Gasteiger partial charge in [-0.1, -0.05) is 24.3 Å². The molecule has 34 heavy (non-hydrogen) atoms. The number of aromatic nitrogens is 3. The second-order valence-electron chi connectivity index (χ2n) is 8.16. The maximum absolute atomic E-state index is 11.7. The average Bonchev–Trinajstić information content (AvgIpc) is 2.87. The lowest BCUT2D eigenvalue weighted by atomic mass is 10.1. The van der Waals surface area contributed by atoms with Gasteiger partial charge in [0.25, 0.3) is 0 Å². The number of nitrogens with zero attached hydrogens (tertiary/aromatic N) is 3. The number of fused-ring (bicyclic) bond motifs is 1. The van der Waals surface area contributed by atoms with E-state index in [1.165, 1.54) is 6.07 Å². The predicted octanol–water partition coefficient (Wildman–Crippen LogP) is 3.83. The topological polar surface area (TPSA) is 92.4 Å². The van der Waals surface area contributed by atoms with Crippen LogP contribution in [0.3, 0.4) is 0 Å². The largest absolute Gasteiger partial charge is 0.494 e. The number of aromatic amines is 1. The van der Waals surface area contributed by atoms with Crippen molar-refractivity contribution in [3.05, 3.63) is 77.2 Å². The van der Waals surface area contributed by atoms with Crippen molar-refractivity contribution in [2.24, 2.45) is 0 Å². The molecule has 0 radical (unpaired) electrons. The van der Waals surface area contributed by atoms with Gasteiger partial charge in [0.05, 0.1) is 25.3 Å². The molecule has 3 heterocycles. The minimum Gasteiger partial charge on any atom is -0.494 e. The van der Waals surface area contributed by atoms with Gasteiger partial charge in [-0.25, -0.2) is 9.97 Å². The molecule has 0 bridgehead atoms. The summed E-state index contributed by atoms with van der Waals surface area (Å²) in [4.78, 5) is 26.3. The van der Waals surface area contributed by atoms with Crippen molar-refractivity contribution in [3.8, 4) is 17.1 Å². The number of hydrogen-bond acceptors (Lipinski definition) is 7. The molecule has 8 heteroatoms. The number of hydrogen-bond donors (Lipinski definition) is 2. The molecule has 2 aromatic carbocycles. The van der Waals surface area contributed by atoms with Gasteiger partial charge in [-0.05, 0) is 36.8 Å². The van der Waals surface area contributed by atoms with E-state index in [2.05, 4.69) is 15.2 Å². The molecule has 0 spiro atoms. The van der Waals surface area contributed by atoms with Crippen molar-refractivity contribution in [1.29, 1.82) is 0 Å². The lowest BCUT2D eigenvalue weighted by Crippen LogP contribution is -2.37. The Morgan fingerprint density at radius 3 is 2.79 bits per heavy atom. The first-order chi connectivity index (χ1) is 16.7. The van der Waals surface area contributed by atoms with Crippen LogP contribution in [0.5, 0.6) is 5.75 Å². The summed E-state index contributed by atoms with van der Waals surface area (Å²) < 4.78 is 11.4. The highest BCUT2D eigenvalue weighted by Crippen LogP contribution is 2.28. The van der Waals surface area contributed by atoms with Crippen LogP contribution in [0.15, 0.2) is 71.7 Å². The van der Waals surface area contributed by atoms with Crippen molar-refractivity contribution in [3.63, 3.8) is 0 Å². The van der Waals surface area contributed by atoms with E-state index < -0.39 is 0 Å². The number of ether oxygens (including phenoxy) is 2. The van der Waals surface area contributed by atoms with E-state index in [-0.39, 0.29) is 5.56 Å². The number of nitrogens with one attached hydrogen (secondary N) is 2. The third-order valence-corrected chi connectivity index (χ3v) is 5.72. The van der Waals surface area contributed by atoms with Crippen LogP contribution in [0.1, 0.15) is 6.42 Å². The van der Waals surface area contributed by atoms with E-state index in [0.717, 1.165) is 61.5 Å². The molecule has 0 amide bonds. The van der Waals surface area contributed by atoms with E-state index in [1.54, 1.807) is 12.3 Å². The van der Waals surface area contributed by atoms with Crippen LogP contribution in [-0.2, 0) is 4.74 Å². The van der Waals surface area contributed by atoms with Crippen molar-refractivity contribution in [1.82, 2.24) is 19.9 Å². The van der Waals surface area contributed by atoms with Crippen LogP contribution >= 0.6 is 0 Å². The second-order valence-corrected chi connectivity index (χ2v) is 8.16.